The summed E-state index contributed by atoms with van der Waals surface area (Å²) >= 11 is 0. The van der Waals surface area contributed by atoms with E-state index in [1.807, 2.05) is 31.2 Å². The van der Waals surface area contributed by atoms with Crippen LogP contribution in [0.15, 0.2) is 36.9 Å². The minimum absolute atomic E-state index is 0.214. The van der Waals surface area contributed by atoms with E-state index < -0.39 is 0 Å². The summed E-state index contributed by atoms with van der Waals surface area (Å²) < 4.78 is 4.72. The van der Waals surface area contributed by atoms with Gasteiger partial charge in [-0.1, -0.05) is 24.3 Å². The van der Waals surface area contributed by atoms with E-state index in [0.29, 0.717) is 12.1 Å². The fourth-order valence-electron chi connectivity index (χ4n) is 1.34. The van der Waals surface area contributed by atoms with Crippen molar-refractivity contribution < 1.29 is 9.53 Å². The van der Waals surface area contributed by atoms with E-state index in [9.17, 15) is 4.79 Å². The van der Waals surface area contributed by atoms with Gasteiger partial charge in [-0.3, -0.25) is 0 Å². The molecule has 0 bridgehead atoms. The van der Waals surface area contributed by atoms with Gasteiger partial charge in [0.05, 0.1) is 12.7 Å². The molecule has 1 atom stereocenters. The van der Waals surface area contributed by atoms with Gasteiger partial charge < -0.3 is 10.1 Å². The normalized spacial score (nSPS) is 11.9. The monoisotopic (exact) mass is 219 g/mol. The molecular weight excluding hydrogens is 202 g/mol. The molecule has 1 unspecified atom stereocenters. The SMILES string of the molecule is C=CC(C)NCc1ccccc1C(=O)OC. The molecule has 0 fully saturated rings. The van der Waals surface area contributed by atoms with Gasteiger partial charge in [0.2, 0.25) is 0 Å². The Morgan fingerprint density at radius 2 is 2.25 bits per heavy atom. The van der Waals surface area contributed by atoms with Crippen LogP contribution in [0.25, 0.3) is 0 Å². The molecule has 0 spiro atoms. The summed E-state index contributed by atoms with van der Waals surface area (Å²) in [6, 6.07) is 7.62. The largest absolute Gasteiger partial charge is 0.465 e. The second-order valence-electron chi connectivity index (χ2n) is 3.55. The first-order chi connectivity index (χ1) is 7.69. The summed E-state index contributed by atoms with van der Waals surface area (Å²) in [6.45, 7) is 6.32. The van der Waals surface area contributed by atoms with Crippen LogP contribution in [-0.2, 0) is 11.3 Å². The van der Waals surface area contributed by atoms with Crippen molar-refractivity contribution in [2.45, 2.75) is 19.5 Å². The van der Waals surface area contributed by atoms with E-state index in [1.165, 1.54) is 7.11 Å². The molecule has 3 nitrogen and oxygen atoms in total. The molecule has 0 aromatic heterocycles. The van der Waals surface area contributed by atoms with Crippen molar-refractivity contribution in [3.05, 3.63) is 48.0 Å². The maximum Gasteiger partial charge on any atom is 0.338 e. The lowest BCUT2D eigenvalue weighted by Crippen LogP contribution is -2.24. The van der Waals surface area contributed by atoms with Gasteiger partial charge in [-0.25, -0.2) is 4.79 Å². The van der Waals surface area contributed by atoms with E-state index in [0.717, 1.165) is 5.56 Å². The van der Waals surface area contributed by atoms with Gasteiger partial charge in [0.15, 0.2) is 0 Å². The van der Waals surface area contributed by atoms with Gasteiger partial charge in [0.25, 0.3) is 0 Å². The molecule has 0 heterocycles. The van der Waals surface area contributed by atoms with Gasteiger partial charge in [0, 0.05) is 12.6 Å². The van der Waals surface area contributed by atoms with Gasteiger partial charge in [-0.15, -0.1) is 6.58 Å². The first-order valence-electron chi connectivity index (χ1n) is 5.21. The first kappa shape index (κ1) is 12.5. The van der Waals surface area contributed by atoms with Gasteiger partial charge in [-0.2, -0.15) is 0 Å². The molecule has 0 saturated heterocycles. The van der Waals surface area contributed by atoms with E-state index in [-0.39, 0.29) is 12.0 Å². The van der Waals surface area contributed by atoms with Crippen LogP contribution in [0.1, 0.15) is 22.8 Å². The van der Waals surface area contributed by atoms with Crippen molar-refractivity contribution >= 4 is 5.97 Å². The van der Waals surface area contributed by atoms with Crippen molar-refractivity contribution in [3.63, 3.8) is 0 Å². The van der Waals surface area contributed by atoms with Crippen molar-refractivity contribution in [2.75, 3.05) is 7.11 Å². The molecule has 86 valence electrons. The molecule has 3 heteroatoms. The quantitative estimate of drug-likeness (QED) is 0.609. The van der Waals surface area contributed by atoms with Crippen molar-refractivity contribution in [2.24, 2.45) is 0 Å². The van der Waals surface area contributed by atoms with E-state index >= 15 is 0 Å². The molecule has 1 aromatic carbocycles. The molecule has 1 aromatic rings. The zero-order valence-corrected chi connectivity index (χ0v) is 9.69. The van der Waals surface area contributed by atoms with Crippen LogP contribution in [0.5, 0.6) is 0 Å². The summed E-state index contributed by atoms with van der Waals surface area (Å²) in [7, 11) is 1.39. The molecule has 0 aliphatic heterocycles. The maximum atomic E-state index is 11.5. The summed E-state index contributed by atoms with van der Waals surface area (Å²) in [5.74, 6) is -0.302. The smallest absolute Gasteiger partial charge is 0.338 e. The average Bonchev–Trinajstić information content (AvgIpc) is 2.35. The summed E-state index contributed by atoms with van der Waals surface area (Å²) in [5, 5.41) is 3.24. The van der Waals surface area contributed by atoms with Gasteiger partial charge in [0.1, 0.15) is 0 Å². The Balaban J connectivity index is 2.78. The highest BCUT2D eigenvalue weighted by Crippen LogP contribution is 2.10. The zero-order valence-electron chi connectivity index (χ0n) is 9.69. The van der Waals surface area contributed by atoms with Crippen molar-refractivity contribution in [1.82, 2.24) is 5.32 Å². The Morgan fingerprint density at radius 1 is 1.56 bits per heavy atom. The van der Waals surface area contributed by atoms with E-state index in [2.05, 4.69) is 11.9 Å². The second kappa shape index (κ2) is 6.08. The third-order valence-corrected chi connectivity index (χ3v) is 2.39. The minimum atomic E-state index is -0.302. The fourth-order valence-corrected chi connectivity index (χ4v) is 1.34. The van der Waals surface area contributed by atoms with Crippen LogP contribution >= 0.6 is 0 Å². The highest BCUT2D eigenvalue weighted by atomic mass is 16.5. The number of benzene rings is 1. The van der Waals surface area contributed by atoms with Crippen LogP contribution in [-0.4, -0.2) is 19.1 Å². The Hall–Kier alpha value is -1.61. The molecule has 0 aliphatic carbocycles. The maximum absolute atomic E-state index is 11.5. The van der Waals surface area contributed by atoms with Crippen LogP contribution in [0, 0.1) is 0 Å². The van der Waals surface area contributed by atoms with Crippen LogP contribution < -0.4 is 5.32 Å². The highest BCUT2D eigenvalue weighted by molar-refractivity contribution is 5.90. The van der Waals surface area contributed by atoms with Crippen molar-refractivity contribution in [1.29, 1.82) is 0 Å². The molecule has 1 rings (SSSR count). The molecule has 0 amide bonds. The fraction of sp³-hybridized carbons (Fsp3) is 0.308. The Kier molecular flexibility index (Phi) is 4.73. The standard InChI is InChI=1S/C13H17NO2/c1-4-10(2)14-9-11-7-5-6-8-12(11)13(15)16-3/h4-8,10,14H,1,9H2,2-3H3. The first-order valence-corrected chi connectivity index (χ1v) is 5.21. The number of carbonyl (C=O) groups excluding carboxylic acids is 1. The lowest BCUT2D eigenvalue weighted by molar-refractivity contribution is 0.0599. The molecule has 0 radical (unpaired) electrons. The van der Waals surface area contributed by atoms with Crippen LogP contribution in [0.3, 0.4) is 0 Å². The number of rotatable bonds is 5. The van der Waals surface area contributed by atoms with Crippen LogP contribution in [0.2, 0.25) is 0 Å². The van der Waals surface area contributed by atoms with E-state index in [1.54, 1.807) is 6.07 Å². The molecule has 16 heavy (non-hydrogen) atoms. The number of nitrogens with one attached hydrogen (secondary N) is 1. The molecule has 0 saturated carbocycles. The number of esters is 1. The topological polar surface area (TPSA) is 38.3 Å². The van der Waals surface area contributed by atoms with Crippen LogP contribution in [0.4, 0.5) is 0 Å². The summed E-state index contributed by atoms with van der Waals surface area (Å²) in [6.07, 6.45) is 1.82. The molecule has 0 aliphatic rings. The number of hydrogen-bond donors (Lipinski definition) is 1. The number of methoxy groups -OCH3 is 1. The third kappa shape index (κ3) is 3.21. The Morgan fingerprint density at radius 3 is 2.88 bits per heavy atom. The summed E-state index contributed by atoms with van der Waals surface area (Å²) in [5.41, 5.74) is 1.54. The zero-order chi connectivity index (χ0) is 12.0. The van der Waals surface area contributed by atoms with Gasteiger partial charge >= 0.3 is 5.97 Å². The predicted molar refractivity (Wildman–Crippen MR) is 64.3 cm³/mol. The van der Waals surface area contributed by atoms with Crippen molar-refractivity contribution in [3.8, 4) is 0 Å². The number of ether oxygens (including phenoxy) is 1. The third-order valence-electron chi connectivity index (χ3n) is 2.39. The highest BCUT2D eigenvalue weighted by Gasteiger charge is 2.10. The minimum Gasteiger partial charge on any atom is -0.465 e. The van der Waals surface area contributed by atoms with Gasteiger partial charge in [-0.05, 0) is 18.6 Å². The molecule has 1 N–H and O–H groups in total. The van der Waals surface area contributed by atoms with E-state index in [4.69, 9.17) is 4.74 Å². The molecular formula is C13H17NO2. The Labute approximate surface area is 96.1 Å². The second-order valence-corrected chi connectivity index (χ2v) is 3.55. The predicted octanol–water partition coefficient (Wildman–Crippen LogP) is 2.14. The number of hydrogen-bond acceptors (Lipinski definition) is 3. The lowest BCUT2D eigenvalue weighted by atomic mass is 10.1. The average molecular weight is 219 g/mol. The summed E-state index contributed by atoms with van der Waals surface area (Å²) in [4.78, 5) is 11.5. The lowest BCUT2D eigenvalue weighted by Gasteiger charge is -2.11. The number of carbonyl (C=O) groups is 1. The Bertz CT molecular complexity index is 374.